The number of benzene rings is 1. The minimum Gasteiger partial charge on any atom is -0.352 e. The van der Waals surface area contributed by atoms with Gasteiger partial charge in [-0.05, 0) is 18.4 Å². The van der Waals surface area contributed by atoms with Gasteiger partial charge >= 0.3 is 0 Å². The van der Waals surface area contributed by atoms with Crippen LogP contribution in [0.2, 0.25) is 0 Å². The topological polar surface area (TPSA) is 98.3 Å². The molecule has 0 aliphatic rings. The molecule has 0 aromatic heterocycles. The Morgan fingerprint density at radius 1 is 1.30 bits per heavy atom. The smallest absolute Gasteiger partial charge is 0.269 e. The number of hydrogen-bond acceptors (Lipinski definition) is 4. The number of nitrogens with two attached hydrogens (primary N) is 1. The van der Waals surface area contributed by atoms with Crippen LogP contribution in [-0.2, 0) is 11.3 Å². The highest BCUT2D eigenvalue weighted by Gasteiger charge is 2.32. The molecule has 110 valence electrons. The number of nitro groups is 1. The molecule has 0 aliphatic heterocycles. The molecule has 6 nitrogen and oxygen atoms in total. The van der Waals surface area contributed by atoms with Gasteiger partial charge in [-0.25, -0.2) is 0 Å². The molecule has 3 N–H and O–H groups in total. The van der Waals surface area contributed by atoms with Gasteiger partial charge in [0.1, 0.15) is 0 Å². The van der Waals surface area contributed by atoms with Crippen LogP contribution in [0.3, 0.4) is 0 Å². The molecule has 0 bridgehead atoms. The van der Waals surface area contributed by atoms with E-state index in [-0.39, 0.29) is 11.6 Å². The first kappa shape index (κ1) is 16.1. The van der Waals surface area contributed by atoms with Gasteiger partial charge in [0.25, 0.3) is 5.69 Å². The highest BCUT2D eigenvalue weighted by atomic mass is 16.6. The molecule has 20 heavy (non-hydrogen) atoms. The Labute approximate surface area is 118 Å². The van der Waals surface area contributed by atoms with E-state index in [0.717, 1.165) is 5.56 Å². The van der Waals surface area contributed by atoms with E-state index in [1.165, 1.54) is 12.1 Å². The number of amides is 1. The van der Waals surface area contributed by atoms with E-state index in [1.807, 2.05) is 13.8 Å². The van der Waals surface area contributed by atoms with E-state index in [4.69, 9.17) is 5.73 Å². The van der Waals surface area contributed by atoms with Gasteiger partial charge in [-0.15, -0.1) is 0 Å². The van der Waals surface area contributed by atoms with Crippen molar-refractivity contribution < 1.29 is 9.72 Å². The Morgan fingerprint density at radius 3 is 2.25 bits per heavy atom. The monoisotopic (exact) mass is 279 g/mol. The molecule has 1 rings (SSSR count). The highest BCUT2D eigenvalue weighted by molar-refractivity contribution is 5.82. The van der Waals surface area contributed by atoms with E-state index in [9.17, 15) is 14.9 Å². The van der Waals surface area contributed by atoms with Crippen molar-refractivity contribution in [2.24, 2.45) is 11.1 Å². The third kappa shape index (κ3) is 3.54. The third-order valence-corrected chi connectivity index (χ3v) is 3.83. The van der Waals surface area contributed by atoms with Crippen LogP contribution < -0.4 is 11.1 Å². The Morgan fingerprint density at radius 2 is 1.85 bits per heavy atom. The van der Waals surface area contributed by atoms with Gasteiger partial charge in [0.15, 0.2) is 0 Å². The van der Waals surface area contributed by atoms with Gasteiger partial charge in [0.2, 0.25) is 5.91 Å². The lowest BCUT2D eigenvalue weighted by atomic mass is 9.81. The molecule has 0 saturated heterocycles. The second-order valence-corrected chi connectivity index (χ2v) is 4.80. The number of non-ortho nitro benzene ring substituents is 1. The molecule has 6 heteroatoms. The molecular weight excluding hydrogens is 258 g/mol. The van der Waals surface area contributed by atoms with Crippen molar-refractivity contribution in [2.45, 2.75) is 33.2 Å². The molecule has 0 spiro atoms. The van der Waals surface area contributed by atoms with Gasteiger partial charge in [0.05, 0.1) is 10.3 Å². The third-order valence-electron chi connectivity index (χ3n) is 3.83. The summed E-state index contributed by atoms with van der Waals surface area (Å²) in [5.74, 6) is -0.0663. The second-order valence-electron chi connectivity index (χ2n) is 4.80. The molecule has 0 aliphatic carbocycles. The Bertz CT molecular complexity index is 459. The van der Waals surface area contributed by atoms with Crippen molar-refractivity contribution in [3.05, 3.63) is 39.9 Å². The van der Waals surface area contributed by atoms with Crippen LogP contribution in [0.4, 0.5) is 5.69 Å². The molecule has 0 fully saturated rings. The zero-order valence-electron chi connectivity index (χ0n) is 11.9. The number of nitrogens with zero attached hydrogens (tertiary/aromatic N) is 1. The predicted molar refractivity (Wildman–Crippen MR) is 77.0 cm³/mol. The normalized spacial score (nSPS) is 11.2. The lowest BCUT2D eigenvalue weighted by Gasteiger charge is -2.28. The van der Waals surface area contributed by atoms with Gasteiger partial charge in [-0.1, -0.05) is 26.0 Å². The molecule has 0 saturated carbocycles. The number of rotatable bonds is 7. The largest absolute Gasteiger partial charge is 0.352 e. The molecule has 0 atom stereocenters. The number of carbonyl (C=O) groups excluding carboxylic acids is 1. The Balaban J connectivity index is 2.67. The van der Waals surface area contributed by atoms with Crippen LogP contribution in [0.1, 0.15) is 32.3 Å². The minimum absolute atomic E-state index is 0.0403. The average Bonchev–Trinajstić information content (AvgIpc) is 2.48. The summed E-state index contributed by atoms with van der Waals surface area (Å²) in [7, 11) is 0. The Hall–Kier alpha value is -1.95. The summed E-state index contributed by atoms with van der Waals surface area (Å²) in [6.45, 7) is 4.55. The SMILES string of the molecule is CCC(CC)(CN)C(=O)NCc1ccc([N+](=O)[O-])cc1. The van der Waals surface area contributed by atoms with Crippen LogP contribution in [0.25, 0.3) is 0 Å². The predicted octanol–water partition coefficient (Wildman–Crippen LogP) is 1.98. The van der Waals surface area contributed by atoms with Crippen molar-refractivity contribution in [3.63, 3.8) is 0 Å². The fourth-order valence-electron chi connectivity index (χ4n) is 2.06. The van der Waals surface area contributed by atoms with Gasteiger partial charge in [-0.3, -0.25) is 14.9 Å². The van der Waals surface area contributed by atoms with E-state index < -0.39 is 10.3 Å². The maximum absolute atomic E-state index is 12.2. The zero-order chi connectivity index (χ0) is 15.2. The van der Waals surface area contributed by atoms with Gasteiger partial charge in [-0.2, -0.15) is 0 Å². The van der Waals surface area contributed by atoms with Gasteiger partial charge in [0, 0.05) is 25.2 Å². The molecule has 1 aromatic rings. The first-order valence-corrected chi connectivity index (χ1v) is 6.70. The lowest BCUT2D eigenvalue weighted by Crippen LogP contribution is -2.45. The second kappa shape index (κ2) is 7.00. The maximum Gasteiger partial charge on any atom is 0.269 e. The summed E-state index contributed by atoms with van der Waals surface area (Å²) >= 11 is 0. The average molecular weight is 279 g/mol. The Kier molecular flexibility index (Phi) is 5.64. The molecule has 0 heterocycles. The zero-order valence-corrected chi connectivity index (χ0v) is 11.9. The molecule has 0 unspecified atom stereocenters. The van der Waals surface area contributed by atoms with Crippen LogP contribution in [0, 0.1) is 15.5 Å². The van der Waals surface area contributed by atoms with E-state index in [2.05, 4.69) is 5.32 Å². The van der Waals surface area contributed by atoms with E-state index in [1.54, 1.807) is 12.1 Å². The van der Waals surface area contributed by atoms with Crippen molar-refractivity contribution in [1.29, 1.82) is 0 Å². The minimum atomic E-state index is -0.527. The summed E-state index contributed by atoms with van der Waals surface area (Å²) < 4.78 is 0. The van der Waals surface area contributed by atoms with Crippen LogP contribution in [0.5, 0.6) is 0 Å². The van der Waals surface area contributed by atoms with Crippen molar-refractivity contribution in [2.75, 3.05) is 6.54 Å². The lowest BCUT2D eigenvalue weighted by molar-refractivity contribution is -0.384. The molecule has 0 radical (unpaired) electrons. The first-order valence-electron chi connectivity index (χ1n) is 6.70. The summed E-state index contributed by atoms with van der Waals surface area (Å²) in [6, 6.07) is 6.13. The van der Waals surface area contributed by atoms with Crippen molar-refractivity contribution in [3.8, 4) is 0 Å². The summed E-state index contributed by atoms with van der Waals surface area (Å²) in [6.07, 6.45) is 1.37. The highest BCUT2D eigenvalue weighted by Crippen LogP contribution is 2.25. The van der Waals surface area contributed by atoms with E-state index in [0.29, 0.717) is 25.9 Å². The number of nitro benzene ring substituents is 1. The molecule has 1 aromatic carbocycles. The molecular formula is C14H21N3O3. The number of hydrogen-bond donors (Lipinski definition) is 2. The van der Waals surface area contributed by atoms with Crippen LogP contribution in [0.15, 0.2) is 24.3 Å². The van der Waals surface area contributed by atoms with Crippen LogP contribution in [-0.4, -0.2) is 17.4 Å². The van der Waals surface area contributed by atoms with Crippen molar-refractivity contribution >= 4 is 11.6 Å². The maximum atomic E-state index is 12.2. The first-order chi connectivity index (χ1) is 9.49. The summed E-state index contributed by atoms with van der Waals surface area (Å²) in [5, 5.41) is 13.4. The van der Waals surface area contributed by atoms with Crippen molar-refractivity contribution in [1.82, 2.24) is 5.32 Å². The standard InChI is InChI=1S/C14H21N3O3/c1-3-14(4-2,10-15)13(18)16-9-11-5-7-12(8-6-11)17(19)20/h5-8H,3-4,9-10,15H2,1-2H3,(H,16,18). The fraction of sp³-hybridized carbons (Fsp3) is 0.500. The van der Waals surface area contributed by atoms with Crippen LogP contribution >= 0.6 is 0 Å². The van der Waals surface area contributed by atoms with Gasteiger partial charge < -0.3 is 11.1 Å². The summed E-state index contributed by atoms with van der Waals surface area (Å²) in [4.78, 5) is 22.3. The number of carbonyl (C=O) groups is 1. The molecule has 1 amide bonds. The fourth-order valence-corrected chi connectivity index (χ4v) is 2.06. The summed E-state index contributed by atoms with van der Waals surface area (Å²) in [5.41, 5.74) is 6.05. The number of nitrogens with one attached hydrogen (secondary N) is 1. The van der Waals surface area contributed by atoms with E-state index >= 15 is 0 Å². The quantitative estimate of drug-likeness (QED) is 0.589.